The first-order valence-corrected chi connectivity index (χ1v) is 15.7. The molecule has 1 unspecified atom stereocenters. The Bertz CT molecular complexity index is 1090. The third-order valence-corrected chi connectivity index (χ3v) is 7.47. The number of hydrogen-bond acceptors (Lipinski definition) is 7. The average molecular weight is 571 g/mol. The lowest BCUT2D eigenvalue weighted by Crippen LogP contribution is -2.14. The van der Waals surface area contributed by atoms with Gasteiger partial charge in [-0.2, -0.15) is 0 Å². The second-order valence-corrected chi connectivity index (χ2v) is 10.6. The van der Waals surface area contributed by atoms with Gasteiger partial charge in [0, 0.05) is 34.6 Å². The van der Waals surface area contributed by atoms with E-state index < -0.39 is 5.97 Å². The van der Waals surface area contributed by atoms with Crippen LogP contribution in [0.25, 0.3) is 0 Å². The van der Waals surface area contributed by atoms with E-state index in [0.717, 1.165) is 65.7 Å². The van der Waals surface area contributed by atoms with Crippen LogP contribution in [0.15, 0.2) is 54.0 Å². The maximum Gasteiger partial charge on any atom is 0.304 e. The third kappa shape index (κ3) is 13.7. The van der Waals surface area contributed by atoms with Crippen LogP contribution in [-0.2, 0) is 30.5 Å². The zero-order chi connectivity index (χ0) is 28.9. The molecule has 0 saturated carbocycles. The van der Waals surface area contributed by atoms with Crippen molar-refractivity contribution in [3.8, 4) is 0 Å². The summed E-state index contributed by atoms with van der Waals surface area (Å²) >= 11 is 3.17. The number of aliphatic carboxylic acids is 1. The van der Waals surface area contributed by atoms with E-state index >= 15 is 0 Å². The molecule has 0 spiro atoms. The summed E-state index contributed by atoms with van der Waals surface area (Å²) in [6.45, 7) is 14.4. The first-order chi connectivity index (χ1) is 19.0. The summed E-state index contributed by atoms with van der Waals surface area (Å²) in [5.41, 5.74) is 5.17. The van der Waals surface area contributed by atoms with Crippen molar-refractivity contribution < 1.29 is 9.90 Å². The molecule has 4 heterocycles. The van der Waals surface area contributed by atoms with Crippen LogP contribution < -0.4 is 5.32 Å². The fourth-order valence-corrected chi connectivity index (χ4v) is 5.46. The van der Waals surface area contributed by atoms with Crippen molar-refractivity contribution in [2.45, 2.75) is 91.9 Å². The van der Waals surface area contributed by atoms with E-state index in [4.69, 9.17) is 9.97 Å². The number of thiazole rings is 2. The normalized spacial score (nSPS) is 12.3. The minimum absolute atomic E-state index is 0.0675. The van der Waals surface area contributed by atoms with Gasteiger partial charge in [-0.3, -0.25) is 9.78 Å². The number of nitrogens with one attached hydrogen (secondary N) is 1. The van der Waals surface area contributed by atoms with E-state index in [0.29, 0.717) is 6.42 Å². The zero-order valence-corrected chi connectivity index (χ0v) is 25.9. The Morgan fingerprint density at radius 3 is 2.56 bits per heavy atom. The van der Waals surface area contributed by atoms with Crippen LogP contribution >= 0.6 is 22.7 Å². The monoisotopic (exact) mass is 570 g/mol. The molecule has 0 saturated heterocycles. The number of aryl methyl sites for hydroxylation is 3. The van der Waals surface area contributed by atoms with Gasteiger partial charge < -0.3 is 10.4 Å². The van der Waals surface area contributed by atoms with E-state index in [2.05, 4.69) is 53.5 Å². The molecule has 4 rings (SSSR count). The molecule has 1 aliphatic heterocycles. The highest BCUT2D eigenvalue weighted by molar-refractivity contribution is 7.10. The minimum atomic E-state index is -0.786. The van der Waals surface area contributed by atoms with Crippen molar-refractivity contribution in [1.82, 2.24) is 15.0 Å². The van der Waals surface area contributed by atoms with Crippen LogP contribution in [0, 0.1) is 0 Å². The molecule has 0 fully saturated rings. The number of pyridine rings is 1. The van der Waals surface area contributed by atoms with Crippen molar-refractivity contribution in [3.05, 3.63) is 80.9 Å². The lowest BCUT2D eigenvalue weighted by atomic mass is 9.98. The molecular formula is C31H46N4O2S2. The molecule has 0 aromatic carbocycles. The summed E-state index contributed by atoms with van der Waals surface area (Å²) in [5, 5.41) is 15.8. The molecule has 2 N–H and O–H groups in total. The standard InChI is InChI=1S/C21H24N4O2S2.C5H10.C3H6.C2H6/c26-20(27)10-15(18-11-22-13-29-18)9-17-12-28-19(24-17)5-1-4-16-7-6-14-3-2-8-23-21(14)25-16;1-3-5-4-2;1-3-2;1-2/h6-7,11-13,15H,1-5,8-10H2,(H,23,25)(H,26,27);3,5H,4H2,1-2H3;3H,1H2,2H3;1-2H3/b;5-3-;;. The van der Waals surface area contributed by atoms with Gasteiger partial charge in [0.25, 0.3) is 0 Å². The summed E-state index contributed by atoms with van der Waals surface area (Å²) < 4.78 is 0. The first kappa shape index (κ1) is 34.2. The molecule has 0 radical (unpaired) electrons. The molecule has 39 heavy (non-hydrogen) atoms. The van der Waals surface area contributed by atoms with Crippen LogP contribution in [0.5, 0.6) is 0 Å². The number of carbonyl (C=O) groups is 1. The van der Waals surface area contributed by atoms with Gasteiger partial charge in [0.1, 0.15) is 5.82 Å². The van der Waals surface area contributed by atoms with E-state index in [-0.39, 0.29) is 12.3 Å². The molecule has 214 valence electrons. The number of allylic oxidation sites excluding steroid dienone is 3. The van der Waals surface area contributed by atoms with Crippen molar-refractivity contribution in [3.63, 3.8) is 0 Å². The Kier molecular flexibility index (Phi) is 18.4. The summed E-state index contributed by atoms with van der Waals surface area (Å²) in [7, 11) is 0. The number of anilines is 1. The number of hydrogen-bond donors (Lipinski definition) is 2. The first-order valence-electron chi connectivity index (χ1n) is 13.9. The second-order valence-electron chi connectivity index (χ2n) is 8.72. The lowest BCUT2D eigenvalue weighted by molar-refractivity contribution is -0.137. The van der Waals surface area contributed by atoms with E-state index in [9.17, 15) is 9.90 Å². The van der Waals surface area contributed by atoms with Gasteiger partial charge in [-0.15, -0.1) is 29.3 Å². The van der Waals surface area contributed by atoms with Crippen molar-refractivity contribution in [2.24, 2.45) is 0 Å². The highest BCUT2D eigenvalue weighted by Gasteiger charge is 2.19. The summed E-state index contributed by atoms with van der Waals surface area (Å²) in [6, 6.07) is 4.35. The van der Waals surface area contributed by atoms with Gasteiger partial charge in [-0.1, -0.05) is 45.1 Å². The molecule has 3 aromatic heterocycles. The third-order valence-electron chi connectivity index (χ3n) is 5.58. The predicted molar refractivity (Wildman–Crippen MR) is 168 cm³/mol. The maximum atomic E-state index is 11.2. The molecule has 6 nitrogen and oxygen atoms in total. The molecule has 3 aromatic rings. The van der Waals surface area contributed by atoms with Crippen LogP contribution in [0.3, 0.4) is 0 Å². The second kappa shape index (κ2) is 21.0. The van der Waals surface area contributed by atoms with Crippen molar-refractivity contribution in [1.29, 1.82) is 0 Å². The molecular weight excluding hydrogens is 525 g/mol. The van der Waals surface area contributed by atoms with Gasteiger partial charge in [0.15, 0.2) is 0 Å². The molecule has 0 bridgehead atoms. The largest absolute Gasteiger partial charge is 0.481 e. The summed E-state index contributed by atoms with van der Waals surface area (Å²) in [6.07, 6.45) is 14.8. The van der Waals surface area contributed by atoms with E-state index in [1.807, 2.05) is 27.7 Å². The maximum absolute atomic E-state index is 11.2. The van der Waals surface area contributed by atoms with Crippen LogP contribution in [0.2, 0.25) is 0 Å². The van der Waals surface area contributed by atoms with Gasteiger partial charge >= 0.3 is 5.97 Å². The fourth-order valence-electron chi connectivity index (χ4n) is 3.89. The Balaban J connectivity index is 0.000000663. The number of aromatic nitrogens is 3. The Hall–Kier alpha value is -2.84. The lowest BCUT2D eigenvalue weighted by Gasteiger charge is -2.17. The van der Waals surface area contributed by atoms with E-state index in [1.54, 1.807) is 29.1 Å². The number of rotatable bonds is 10. The highest BCUT2D eigenvalue weighted by Crippen LogP contribution is 2.28. The van der Waals surface area contributed by atoms with Crippen LogP contribution in [0.1, 0.15) is 93.1 Å². The minimum Gasteiger partial charge on any atom is -0.481 e. The number of carboxylic acids is 1. The molecule has 0 amide bonds. The van der Waals surface area contributed by atoms with Crippen molar-refractivity contribution >= 4 is 34.5 Å². The summed E-state index contributed by atoms with van der Waals surface area (Å²) in [4.78, 5) is 25.8. The highest BCUT2D eigenvalue weighted by atomic mass is 32.1. The fraction of sp³-hybridized carbons (Fsp3) is 0.484. The summed E-state index contributed by atoms with van der Waals surface area (Å²) in [5.74, 6) is 0.200. The van der Waals surface area contributed by atoms with Crippen LogP contribution in [0.4, 0.5) is 5.82 Å². The number of fused-ring (bicyclic) bond motifs is 1. The Labute approximate surface area is 243 Å². The number of nitrogens with zero attached hydrogens (tertiary/aromatic N) is 3. The Morgan fingerprint density at radius 1 is 1.18 bits per heavy atom. The van der Waals surface area contributed by atoms with Crippen molar-refractivity contribution in [2.75, 3.05) is 11.9 Å². The smallest absolute Gasteiger partial charge is 0.304 e. The Morgan fingerprint density at radius 2 is 1.95 bits per heavy atom. The predicted octanol–water partition coefficient (Wildman–Crippen LogP) is 8.52. The molecule has 8 heteroatoms. The average Bonchev–Trinajstić information content (AvgIpc) is 3.63. The van der Waals surface area contributed by atoms with Gasteiger partial charge in [-0.25, -0.2) is 9.97 Å². The molecule has 1 atom stereocenters. The van der Waals surface area contributed by atoms with E-state index in [1.165, 1.54) is 23.3 Å². The van der Waals surface area contributed by atoms with Gasteiger partial charge in [-0.05, 0) is 70.4 Å². The zero-order valence-electron chi connectivity index (χ0n) is 24.3. The SMILES string of the molecule is C/C=C\CC.C=CC.CC.O=C(O)CC(Cc1csc(CCCc2ccc3c(n2)NCCC3)n1)c1cncs1. The topological polar surface area (TPSA) is 88.0 Å². The van der Waals surface area contributed by atoms with Crippen LogP contribution in [-0.4, -0.2) is 32.6 Å². The van der Waals surface area contributed by atoms with Gasteiger partial charge in [0.05, 0.1) is 22.6 Å². The van der Waals surface area contributed by atoms with Gasteiger partial charge in [0.2, 0.25) is 0 Å². The molecule has 1 aliphatic rings. The number of carboxylic acid groups (broad SMARTS) is 1. The quantitative estimate of drug-likeness (QED) is 0.238. The molecule has 0 aliphatic carbocycles.